The second kappa shape index (κ2) is 10.4. The number of halogens is 2. The third-order valence-electron chi connectivity index (χ3n) is 4.63. The lowest BCUT2D eigenvalue weighted by atomic mass is 9.85. The van der Waals surface area contributed by atoms with Gasteiger partial charge in [-0.25, -0.2) is 4.98 Å². The Kier molecular flexibility index (Phi) is 8.59. The lowest BCUT2D eigenvalue weighted by Gasteiger charge is -2.32. The molecule has 24 heavy (non-hydrogen) atoms. The van der Waals surface area contributed by atoms with Gasteiger partial charge in [0.2, 0.25) is 5.91 Å². The van der Waals surface area contributed by atoms with Gasteiger partial charge in [0, 0.05) is 41.7 Å². The number of carbonyl (C=O) groups is 1. The highest BCUT2D eigenvalue weighted by atomic mass is 127. The molecule has 1 saturated carbocycles. The molecule has 134 valence electrons. The number of nitrogens with one attached hydrogen (secondary N) is 1. The van der Waals surface area contributed by atoms with Crippen LogP contribution in [0.4, 0.5) is 5.82 Å². The zero-order valence-corrected chi connectivity index (χ0v) is 17.2. The predicted octanol–water partition coefficient (Wildman–Crippen LogP) is 4.21. The molecule has 1 aliphatic rings. The van der Waals surface area contributed by atoms with Gasteiger partial charge in [0.15, 0.2) is 0 Å². The Hall–Kier alpha value is -0.560. The fourth-order valence-electron chi connectivity index (χ4n) is 3.24. The van der Waals surface area contributed by atoms with Gasteiger partial charge in [0.05, 0.1) is 0 Å². The molecule has 1 amide bonds. The van der Waals surface area contributed by atoms with E-state index in [-0.39, 0.29) is 5.91 Å². The highest BCUT2D eigenvalue weighted by Crippen LogP contribution is 2.26. The summed E-state index contributed by atoms with van der Waals surface area (Å²) in [5.74, 6) is 2.54. The van der Waals surface area contributed by atoms with Gasteiger partial charge in [-0.2, -0.15) is 0 Å². The van der Waals surface area contributed by atoms with Crippen LogP contribution in [0.3, 0.4) is 0 Å². The number of unbranched alkanes of at least 4 members (excludes halogenated alkanes) is 1. The van der Waals surface area contributed by atoms with E-state index in [4.69, 9.17) is 11.6 Å². The van der Waals surface area contributed by atoms with E-state index >= 15 is 0 Å². The van der Waals surface area contributed by atoms with Crippen LogP contribution in [0.15, 0.2) is 18.3 Å². The van der Waals surface area contributed by atoms with E-state index in [0.717, 1.165) is 41.6 Å². The monoisotopic (exact) mass is 463 g/mol. The molecule has 1 aromatic rings. The van der Waals surface area contributed by atoms with E-state index in [2.05, 4.69) is 57.0 Å². The minimum atomic E-state index is 0.184. The molecule has 0 bridgehead atoms. The fourth-order valence-corrected chi connectivity index (χ4v) is 3.75. The van der Waals surface area contributed by atoms with Crippen LogP contribution in [0.5, 0.6) is 0 Å². The number of hydrogen-bond acceptors (Lipinski definition) is 3. The van der Waals surface area contributed by atoms with E-state index in [9.17, 15) is 4.79 Å². The first-order valence-corrected chi connectivity index (χ1v) is 10.4. The van der Waals surface area contributed by atoms with Gasteiger partial charge in [0.25, 0.3) is 0 Å². The van der Waals surface area contributed by atoms with Crippen LogP contribution in [-0.4, -0.2) is 36.4 Å². The topological polar surface area (TPSA) is 45.2 Å². The van der Waals surface area contributed by atoms with Crippen LogP contribution < -0.4 is 10.2 Å². The van der Waals surface area contributed by atoms with Crippen LogP contribution in [0.1, 0.15) is 44.9 Å². The number of pyridine rings is 1. The van der Waals surface area contributed by atoms with Gasteiger partial charge in [-0.3, -0.25) is 4.79 Å². The molecule has 4 nitrogen and oxygen atoms in total. The van der Waals surface area contributed by atoms with Crippen molar-refractivity contribution in [1.82, 2.24) is 10.3 Å². The summed E-state index contributed by atoms with van der Waals surface area (Å²) in [7, 11) is 2.11. The van der Waals surface area contributed by atoms with E-state index in [1.54, 1.807) is 0 Å². The molecular formula is C18H27ClIN3O. The first-order chi connectivity index (χ1) is 11.6. The summed E-state index contributed by atoms with van der Waals surface area (Å²) >= 11 is 7.92. The van der Waals surface area contributed by atoms with Crippen molar-refractivity contribution in [3.05, 3.63) is 21.9 Å². The Labute approximate surface area is 163 Å². The van der Waals surface area contributed by atoms with Crippen molar-refractivity contribution in [2.75, 3.05) is 24.4 Å². The summed E-state index contributed by atoms with van der Waals surface area (Å²) in [5, 5.41) is 3.18. The van der Waals surface area contributed by atoms with Crippen molar-refractivity contribution in [2.24, 2.45) is 5.92 Å². The zero-order valence-electron chi connectivity index (χ0n) is 14.3. The Balaban J connectivity index is 1.68. The lowest BCUT2D eigenvalue weighted by Crippen LogP contribution is -2.39. The van der Waals surface area contributed by atoms with Crippen LogP contribution >= 0.6 is 34.2 Å². The number of amides is 1. The van der Waals surface area contributed by atoms with E-state index in [1.165, 1.54) is 12.8 Å². The molecule has 1 aromatic heterocycles. The Morgan fingerprint density at radius 3 is 2.71 bits per heavy atom. The molecule has 0 radical (unpaired) electrons. The normalized spacial score (nSPS) is 20.6. The molecule has 0 aliphatic heterocycles. The minimum absolute atomic E-state index is 0.184. The van der Waals surface area contributed by atoms with E-state index in [0.29, 0.717) is 24.3 Å². The van der Waals surface area contributed by atoms with Gasteiger partial charge < -0.3 is 10.2 Å². The molecular weight excluding hydrogens is 437 g/mol. The molecule has 1 heterocycles. The van der Waals surface area contributed by atoms with Crippen molar-refractivity contribution in [1.29, 1.82) is 0 Å². The maximum absolute atomic E-state index is 11.9. The fraction of sp³-hybridized carbons (Fsp3) is 0.667. The van der Waals surface area contributed by atoms with Crippen molar-refractivity contribution >= 4 is 45.9 Å². The number of nitrogens with zero attached hydrogens (tertiary/aromatic N) is 2. The molecule has 1 aliphatic carbocycles. The zero-order chi connectivity index (χ0) is 17.4. The Morgan fingerprint density at radius 2 is 2.08 bits per heavy atom. The maximum Gasteiger partial charge on any atom is 0.220 e. The summed E-state index contributed by atoms with van der Waals surface area (Å²) in [6, 6.07) is 4.52. The third-order valence-corrected chi connectivity index (χ3v) is 5.54. The van der Waals surface area contributed by atoms with Gasteiger partial charge in [-0.05, 0) is 79.2 Å². The van der Waals surface area contributed by atoms with Crippen molar-refractivity contribution in [3.8, 4) is 0 Å². The van der Waals surface area contributed by atoms with Crippen molar-refractivity contribution < 1.29 is 4.79 Å². The van der Waals surface area contributed by atoms with Crippen LogP contribution in [0, 0.1) is 9.49 Å². The van der Waals surface area contributed by atoms with Crippen LogP contribution in [-0.2, 0) is 4.79 Å². The minimum Gasteiger partial charge on any atom is -0.359 e. The number of aromatic nitrogens is 1. The second-order valence-corrected chi connectivity index (χ2v) is 8.27. The number of alkyl halides is 1. The molecule has 0 saturated heterocycles. The van der Waals surface area contributed by atoms with Crippen molar-refractivity contribution in [2.45, 2.75) is 51.0 Å². The largest absolute Gasteiger partial charge is 0.359 e. The van der Waals surface area contributed by atoms with Gasteiger partial charge in [-0.1, -0.05) is 0 Å². The molecule has 1 N–H and O–H groups in total. The lowest BCUT2D eigenvalue weighted by molar-refractivity contribution is -0.122. The maximum atomic E-state index is 11.9. The standard InChI is InChI=1S/C18H27ClIN3O/c1-23(17-10-7-15(20)12-21-17)13-14-5-8-16(9-6-14)22-18(24)4-2-3-11-19/h7,10,12,14,16H,2-6,8-9,11,13H2,1H3,(H,22,24)/t14-,16-. The molecule has 0 atom stereocenters. The first-order valence-electron chi connectivity index (χ1n) is 8.76. The quantitative estimate of drug-likeness (QED) is 0.357. The number of carbonyl (C=O) groups excluding carboxylic acids is 1. The molecule has 0 unspecified atom stereocenters. The van der Waals surface area contributed by atoms with E-state index < -0.39 is 0 Å². The highest BCUT2D eigenvalue weighted by molar-refractivity contribution is 14.1. The summed E-state index contributed by atoms with van der Waals surface area (Å²) in [6.45, 7) is 1.03. The predicted molar refractivity (Wildman–Crippen MR) is 109 cm³/mol. The summed E-state index contributed by atoms with van der Waals surface area (Å²) < 4.78 is 1.16. The molecule has 1 fully saturated rings. The van der Waals surface area contributed by atoms with Crippen LogP contribution in [0.25, 0.3) is 0 Å². The van der Waals surface area contributed by atoms with Gasteiger partial charge in [0.1, 0.15) is 5.82 Å². The average Bonchev–Trinajstić information content (AvgIpc) is 2.57. The summed E-state index contributed by atoms with van der Waals surface area (Å²) in [6.07, 6.45) is 8.82. The third kappa shape index (κ3) is 6.75. The number of rotatable bonds is 8. The van der Waals surface area contributed by atoms with Crippen molar-refractivity contribution in [3.63, 3.8) is 0 Å². The van der Waals surface area contributed by atoms with E-state index in [1.807, 2.05) is 6.20 Å². The highest BCUT2D eigenvalue weighted by Gasteiger charge is 2.23. The molecule has 0 aromatic carbocycles. The SMILES string of the molecule is CN(C[C@H]1CC[C@H](NC(=O)CCCCCl)CC1)c1ccc(I)cn1. The summed E-state index contributed by atoms with van der Waals surface area (Å²) in [5.41, 5.74) is 0. The molecule has 2 rings (SSSR count). The summed E-state index contributed by atoms with van der Waals surface area (Å²) in [4.78, 5) is 18.6. The average molecular weight is 464 g/mol. The smallest absolute Gasteiger partial charge is 0.220 e. The second-order valence-electron chi connectivity index (χ2n) is 6.65. The number of anilines is 1. The number of hydrogen-bond donors (Lipinski definition) is 1. The molecule has 6 heteroatoms. The Bertz CT molecular complexity index is 503. The molecule has 0 spiro atoms. The van der Waals surface area contributed by atoms with Gasteiger partial charge >= 0.3 is 0 Å². The first kappa shape index (κ1) is 19.8. The van der Waals surface area contributed by atoms with Gasteiger partial charge in [-0.15, -0.1) is 11.6 Å². The Morgan fingerprint density at radius 1 is 1.33 bits per heavy atom. The van der Waals surface area contributed by atoms with Crippen LogP contribution in [0.2, 0.25) is 0 Å².